The van der Waals surface area contributed by atoms with Crippen LogP contribution in [0.4, 0.5) is 5.69 Å². The number of aromatic nitrogens is 1. The van der Waals surface area contributed by atoms with Gasteiger partial charge in [0.15, 0.2) is 0 Å². The number of anilines is 1. The average molecular weight is 334 g/mol. The largest absolute Gasteiger partial charge is 0.497 e. The number of methoxy groups -OCH3 is 1. The minimum atomic E-state index is -0.114. The highest BCUT2D eigenvalue weighted by Crippen LogP contribution is 2.26. The van der Waals surface area contributed by atoms with Gasteiger partial charge in [0.05, 0.1) is 12.1 Å². The maximum atomic E-state index is 12.0. The lowest BCUT2D eigenvalue weighted by Crippen LogP contribution is -2.31. The first kappa shape index (κ1) is 15.7. The molecule has 0 unspecified atom stereocenters. The number of carbonyl (C=O) groups excluding carboxylic acids is 1. The molecule has 1 atom stereocenters. The van der Waals surface area contributed by atoms with Crippen LogP contribution in [-0.2, 0) is 0 Å². The molecule has 3 rings (SSSR count). The smallest absolute Gasteiger partial charge is 0.267 e. The number of hydrogen-bond acceptors (Lipinski definition) is 3. The van der Waals surface area contributed by atoms with Crippen LogP contribution in [0.15, 0.2) is 36.5 Å². The van der Waals surface area contributed by atoms with Crippen LogP contribution in [0.5, 0.6) is 5.75 Å². The monoisotopic (exact) mass is 333 g/mol. The quantitative estimate of drug-likeness (QED) is 0.884. The third kappa shape index (κ3) is 3.79. The van der Waals surface area contributed by atoms with Crippen molar-refractivity contribution in [2.75, 3.05) is 31.6 Å². The van der Waals surface area contributed by atoms with E-state index in [2.05, 4.69) is 21.3 Å². The van der Waals surface area contributed by atoms with Crippen LogP contribution >= 0.6 is 11.6 Å². The van der Waals surface area contributed by atoms with Crippen LogP contribution in [-0.4, -0.2) is 37.6 Å². The molecule has 2 N–H and O–H groups in total. The Morgan fingerprint density at radius 3 is 3.09 bits per heavy atom. The number of amides is 1. The Balaban J connectivity index is 1.52. The molecule has 1 saturated heterocycles. The number of ether oxygens (including phenoxy) is 1. The fourth-order valence-electron chi connectivity index (χ4n) is 2.87. The SMILES string of the molecule is COc1cccc(N2CC[C@@H](CNC(=O)c3cc(Cl)c[nH]3)C2)c1. The first-order chi connectivity index (χ1) is 11.2. The first-order valence-electron chi connectivity index (χ1n) is 7.67. The van der Waals surface area contributed by atoms with Crippen molar-refractivity contribution in [1.82, 2.24) is 10.3 Å². The van der Waals surface area contributed by atoms with Gasteiger partial charge in [-0.15, -0.1) is 0 Å². The Morgan fingerprint density at radius 1 is 1.48 bits per heavy atom. The summed E-state index contributed by atoms with van der Waals surface area (Å²) in [5.41, 5.74) is 1.66. The van der Waals surface area contributed by atoms with Gasteiger partial charge in [0, 0.05) is 37.6 Å². The van der Waals surface area contributed by atoms with Crippen LogP contribution < -0.4 is 15.0 Å². The van der Waals surface area contributed by atoms with Gasteiger partial charge in [-0.1, -0.05) is 17.7 Å². The molecule has 0 saturated carbocycles. The minimum Gasteiger partial charge on any atom is -0.497 e. The molecule has 1 aromatic carbocycles. The predicted octanol–water partition coefficient (Wildman–Crippen LogP) is 2.93. The Labute approximate surface area is 140 Å². The van der Waals surface area contributed by atoms with Gasteiger partial charge in [0.2, 0.25) is 0 Å². The van der Waals surface area contributed by atoms with Crippen molar-refractivity contribution >= 4 is 23.2 Å². The highest BCUT2D eigenvalue weighted by Gasteiger charge is 2.23. The number of nitrogens with one attached hydrogen (secondary N) is 2. The maximum Gasteiger partial charge on any atom is 0.267 e. The molecular formula is C17H20ClN3O2. The molecule has 6 heteroatoms. The molecule has 23 heavy (non-hydrogen) atoms. The summed E-state index contributed by atoms with van der Waals surface area (Å²) in [5.74, 6) is 1.19. The van der Waals surface area contributed by atoms with E-state index in [9.17, 15) is 4.79 Å². The molecule has 2 aromatic rings. The molecule has 0 radical (unpaired) electrons. The second kappa shape index (κ2) is 6.96. The molecular weight excluding hydrogens is 314 g/mol. The lowest BCUT2D eigenvalue weighted by molar-refractivity contribution is 0.0944. The van der Waals surface area contributed by atoms with E-state index >= 15 is 0 Å². The average Bonchev–Trinajstić information content (AvgIpc) is 3.22. The van der Waals surface area contributed by atoms with Gasteiger partial charge < -0.3 is 19.9 Å². The van der Waals surface area contributed by atoms with Gasteiger partial charge in [0.25, 0.3) is 5.91 Å². The fourth-order valence-corrected chi connectivity index (χ4v) is 3.04. The van der Waals surface area contributed by atoms with E-state index in [0.29, 0.717) is 23.2 Å². The van der Waals surface area contributed by atoms with E-state index in [1.54, 1.807) is 19.4 Å². The first-order valence-corrected chi connectivity index (χ1v) is 8.04. The lowest BCUT2D eigenvalue weighted by Gasteiger charge is -2.19. The molecule has 1 aliphatic heterocycles. The van der Waals surface area contributed by atoms with E-state index in [1.807, 2.05) is 18.2 Å². The van der Waals surface area contributed by atoms with Crippen molar-refractivity contribution in [3.05, 3.63) is 47.2 Å². The van der Waals surface area contributed by atoms with Crippen molar-refractivity contribution in [2.24, 2.45) is 5.92 Å². The summed E-state index contributed by atoms with van der Waals surface area (Å²) in [7, 11) is 1.67. The van der Waals surface area contributed by atoms with Gasteiger partial charge in [-0.3, -0.25) is 4.79 Å². The Hall–Kier alpha value is -2.14. The summed E-state index contributed by atoms with van der Waals surface area (Å²) in [5, 5.41) is 3.51. The number of H-pyrrole nitrogens is 1. The Kier molecular flexibility index (Phi) is 4.76. The second-order valence-corrected chi connectivity index (χ2v) is 6.18. The van der Waals surface area contributed by atoms with E-state index in [-0.39, 0.29) is 5.91 Å². The number of nitrogens with zero attached hydrogens (tertiary/aromatic N) is 1. The van der Waals surface area contributed by atoms with E-state index in [4.69, 9.17) is 16.3 Å². The number of aromatic amines is 1. The maximum absolute atomic E-state index is 12.0. The van der Waals surface area contributed by atoms with E-state index < -0.39 is 0 Å². The van der Waals surface area contributed by atoms with Crippen LogP contribution in [0.25, 0.3) is 0 Å². The number of carbonyl (C=O) groups is 1. The summed E-state index contributed by atoms with van der Waals surface area (Å²) in [4.78, 5) is 17.2. The molecule has 0 bridgehead atoms. The minimum absolute atomic E-state index is 0.114. The fraction of sp³-hybridized carbons (Fsp3) is 0.353. The number of hydrogen-bond donors (Lipinski definition) is 2. The topological polar surface area (TPSA) is 57.4 Å². The van der Waals surface area contributed by atoms with Gasteiger partial charge in [0.1, 0.15) is 11.4 Å². The summed E-state index contributed by atoms with van der Waals surface area (Å²) >= 11 is 5.82. The summed E-state index contributed by atoms with van der Waals surface area (Å²) in [6.45, 7) is 2.58. The highest BCUT2D eigenvalue weighted by molar-refractivity contribution is 6.30. The predicted molar refractivity (Wildman–Crippen MR) is 91.4 cm³/mol. The van der Waals surface area contributed by atoms with Crippen LogP contribution in [0, 0.1) is 5.92 Å². The van der Waals surface area contributed by atoms with E-state index in [1.165, 1.54) is 0 Å². The lowest BCUT2D eigenvalue weighted by atomic mass is 10.1. The number of rotatable bonds is 5. The second-order valence-electron chi connectivity index (χ2n) is 5.74. The van der Waals surface area contributed by atoms with Crippen molar-refractivity contribution < 1.29 is 9.53 Å². The summed E-state index contributed by atoms with van der Waals surface area (Å²) in [6, 6.07) is 9.71. The number of benzene rings is 1. The summed E-state index contributed by atoms with van der Waals surface area (Å²) < 4.78 is 5.27. The molecule has 1 fully saturated rings. The standard InChI is InChI=1S/C17H20ClN3O2/c1-23-15-4-2-3-14(8-15)21-6-5-12(11-21)9-20-17(22)16-7-13(18)10-19-16/h2-4,7-8,10,12,19H,5-6,9,11H2,1H3,(H,20,22)/t12-/m0/s1. The van der Waals surface area contributed by atoms with E-state index in [0.717, 1.165) is 30.9 Å². The molecule has 1 amide bonds. The molecule has 2 heterocycles. The summed E-state index contributed by atoms with van der Waals surface area (Å²) in [6.07, 6.45) is 2.67. The van der Waals surface area contributed by atoms with Crippen LogP contribution in [0.3, 0.4) is 0 Å². The molecule has 1 aliphatic rings. The van der Waals surface area contributed by atoms with Crippen LogP contribution in [0.1, 0.15) is 16.9 Å². The van der Waals surface area contributed by atoms with Crippen molar-refractivity contribution in [2.45, 2.75) is 6.42 Å². The Bertz CT molecular complexity index is 686. The van der Waals surface area contributed by atoms with Gasteiger partial charge in [-0.2, -0.15) is 0 Å². The third-order valence-electron chi connectivity index (χ3n) is 4.15. The zero-order valence-corrected chi connectivity index (χ0v) is 13.8. The van der Waals surface area contributed by atoms with Gasteiger partial charge in [-0.05, 0) is 30.5 Å². The van der Waals surface area contributed by atoms with Gasteiger partial charge in [-0.25, -0.2) is 0 Å². The van der Waals surface area contributed by atoms with Crippen molar-refractivity contribution in [1.29, 1.82) is 0 Å². The molecule has 1 aromatic heterocycles. The van der Waals surface area contributed by atoms with Crippen molar-refractivity contribution in [3.63, 3.8) is 0 Å². The zero-order chi connectivity index (χ0) is 16.2. The Morgan fingerprint density at radius 2 is 2.35 bits per heavy atom. The zero-order valence-electron chi connectivity index (χ0n) is 13.0. The van der Waals surface area contributed by atoms with Gasteiger partial charge >= 0.3 is 0 Å². The highest BCUT2D eigenvalue weighted by atomic mass is 35.5. The molecule has 5 nitrogen and oxygen atoms in total. The van der Waals surface area contributed by atoms with Crippen LogP contribution in [0.2, 0.25) is 5.02 Å². The third-order valence-corrected chi connectivity index (χ3v) is 4.37. The molecule has 0 spiro atoms. The molecule has 122 valence electrons. The number of halogens is 1. The molecule has 0 aliphatic carbocycles. The normalized spacial score (nSPS) is 17.3. The van der Waals surface area contributed by atoms with Crippen molar-refractivity contribution in [3.8, 4) is 5.75 Å².